The first-order valence-corrected chi connectivity index (χ1v) is 12.7. The second kappa shape index (κ2) is 9.06. The highest BCUT2D eigenvalue weighted by Gasteiger charge is 2.40. The molecule has 0 fully saturated rings. The van der Waals surface area contributed by atoms with Crippen molar-refractivity contribution in [2.45, 2.75) is 40.5 Å². The summed E-state index contributed by atoms with van der Waals surface area (Å²) in [6.45, 7) is 8.28. The van der Waals surface area contributed by atoms with Crippen molar-refractivity contribution in [3.63, 3.8) is 0 Å². The van der Waals surface area contributed by atoms with E-state index in [1.165, 1.54) is 11.1 Å². The molecule has 2 aliphatic rings. The molecule has 38 heavy (non-hydrogen) atoms. The molecule has 6 nitrogen and oxygen atoms in total. The van der Waals surface area contributed by atoms with Gasteiger partial charge in [0.1, 0.15) is 11.1 Å². The molecule has 2 aliphatic heterocycles. The van der Waals surface area contributed by atoms with Gasteiger partial charge in [-0.25, -0.2) is 4.79 Å². The lowest BCUT2D eigenvalue weighted by atomic mass is 9.97. The first-order valence-electron chi connectivity index (χ1n) is 12.7. The molecule has 0 aliphatic carbocycles. The number of nitrogens with zero attached hydrogens (tertiary/aromatic N) is 1. The van der Waals surface area contributed by atoms with E-state index in [9.17, 15) is 9.90 Å². The van der Waals surface area contributed by atoms with Crippen LogP contribution in [0.1, 0.15) is 50.1 Å². The number of aromatic nitrogens is 1. The smallest absolute Gasteiger partial charge is 0.348 e. The minimum Gasteiger partial charge on any atom is -0.480 e. The second-order valence-corrected chi connectivity index (χ2v) is 10.3. The van der Waals surface area contributed by atoms with Gasteiger partial charge in [-0.3, -0.25) is 4.99 Å². The van der Waals surface area contributed by atoms with Crippen molar-refractivity contribution in [2.24, 2.45) is 4.99 Å². The van der Waals surface area contributed by atoms with Gasteiger partial charge >= 0.3 is 5.97 Å². The van der Waals surface area contributed by atoms with Crippen LogP contribution in [0.5, 0.6) is 11.7 Å². The third kappa shape index (κ3) is 3.98. The second-order valence-electron chi connectivity index (χ2n) is 10.3. The molecule has 190 valence electrons. The summed E-state index contributed by atoms with van der Waals surface area (Å²) in [5.74, 6) is -0.355. The van der Waals surface area contributed by atoms with Crippen LogP contribution in [0.25, 0.3) is 33.2 Å². The van der Waals surface area contributed by atoms with Crippen molar-refractivity contribution < 1.29 is 19.1 Å². The van der Waals surface area contributed by atoms with Crippen molar-refractivity contribution in [3.8, 4) is 22.8 Å². The number of fused-ring (bicyclic) bond motifs is 3. The van der Waals surface area contributed by atoms with Crippen molar-refractivity contribution in [1.29, 1.82) is 0 Å². The third-order valence-corrected chi connectivity index (χ3v) is 6.93. The fraction of sp³-hybridized carbons (Fsp3) is 0.188. The van der Waals surface area contributed by atoms with E-state index in [1.54, 1.807) is 12.4 Å². The maximum absolute atomic E-state index is 13.2. The Morgan fingerprint density at radius 1 is 0.974 bits per heavy atom. The zero-order chi connectivity index (χ0) is 26.6. The maximum atomic E-state index is 13.2. The Balaban J connectivity index is 1.46. The number of aromatic hydroxyl groups is 1. The van der Waals surface area contributed by atoms with Crippen LogP contribution >= 0.6 is 0 Å². The highest BCUT2D eigenvalue weighted by atomic mass is 16.6. The van der Waals surface area contributed by atoms with Crippen LogP contribution in [-0.4, -0.2) is 22.3 Å². The van der Waals surface area contributed by atoms with Crippen LogP contribution in [-0.2, 0) is 17.6 Å². The molecule has 0 atom stereocenters. The summed E-state index contributed by atoms with van der Waals surface area (Å²) in [7, 11) is 0. The summed E-state index contributed by atoms with van der Waals surface area (Å²) in [6, 6.07) is 12.2. The molecule has 0 radical (unpaired) electrons. The first-order chi connectivity index (χ1) is 18.3. The Morgan fingerprint density at radius 2 is 1.68 bits per heavy atom. The van der Waals surface area contributed by atoms with Gasteiger partial charge in [-0.1, -0.05) is 35.4 Å². The summed E-state index contributed by atoms with van der Waals surface area (Å²) >= 11 is 0. The average Bonchev–Trinajstić information content (AvgIpc) is 3.62. The predicted octanol–water partition coefficient (Wildman–Crippen LogP) is 7.70. The number of hydrogen-bond acceptors (Lipinski definition) is 5. The lowest BCUT2D eigenvalue weighted by Gasteiger charge is -2.05. The topological polar surface area (TPSA) is 87.8 Å². The minimum atomic E-state index is -0.520. The SMILES string of the molecule is CC(C)=CCc1ccc2c(c1)C(=C1C(=O)Oc3c1oc(O)c3-c1c[nH]c3ccc(CC=C(C)C)cc13)C=N2. The van der Waals surface area contributed by atoms with Gasteiger partial charge in [0.25, 0.3) is 5.95 Å². The van der Waals surface area contributed by atoms with E-state index >= 15 is 0 Å². The van der Waals surface area contributed by atoms with E-state index in [-0.39, 0.29) is 23.0 Å². The van der Waals surface area contributed by atoms with Crippen LogP contribution in [0.15, 0.2) is 75.3 Å². The molecule has 0 spiro atoms. The number of aliphatic imine (C=N–C) groups is 1. The van der Waals surface area contributed by atoms with Crippen molar-refractivity contribution in [1.82, 2.24) is 4.98 Å². The number of benzene rings is 2. The van der Waals surface area contributed by atoms with Crippen LogP contribution in [0.4, 0.5) is 5.69 Å². The number of H-pyrrole nitrogens is 1. The van der Waals surface area contributed by atoms with Gasteiger partial charge in [-0.15, -0.1) is 0 Å². The third-order valence-electron chi connectivity index (χ3n) is 6.93. The van der Waals surface area contributed by atoms with Gasteiger partial charge in [-0.05, 0) is 75.9 Å². The standard InChI is InChI=1S/C32H28N2O4/c1-17(2)5-7-19-9-11-25-21(13-19)23(15-33-25)27-29-30(38-31(27)35)28(32(36)37-29)24-16-34-26-12-10-20(14-22(24)26)8-6-18(3)4/h5-6,9-16,33,35H,7-8H2,1-4H3. The molecule has 0 unspecified atom stereocenters. The molecule has 0 saturated heterocycles. The van der Waals surface area contributed by atoms with Crippen molar-refractivity contribution >= 4 is 39.9 Å². The summed E-state index contributed by atoms with van der Waals surface area (Å²) < 4.78 is 11.6. The summed E-state index contributed by atoms with van der Waals surface area (Å²) in [6.07, 6.45) is 9.40. The Morgan fingerprint density at radius 3 is 2.42 bits per heavy atom. The fourth-order valence-electron chi connectivity index (χ4n) is 4.96. The van der Waals surface area contributed by atoms with E-state index in [0.29, 0.717) is 16.7 Å². The number of rotatable bonds is 5. The van der Waals surface area contributed by atoms with Crippen molar-refractivity contribution in [3.05, 3.63) is 88.3 Å². The molecule has 2 N–H and O–H groups in total. The van der Waals surface area contributed by atoms with E-state index in [2.05, 4.69) is 62.0 Å². The summed E-state index contributed by atoms with van der Waals surface area (Å²) in [5, 5.41) is 11.8. The molecular weight excluding hydrogens is 476 g/mol. The minimum absolute atomic E-state index is 0.224. The van der Waals surface area contributed by atoms with Gasteiger partial charge in [0.2, 0.25) is 0 Å². The van der Waals surface area contributed by atoms with Crippen LogP contribution < -0.4 is 4.74 Å². The Kier molecular flexibility index (Phi) is 5.68. The number of furan rings is 1. The highest BCUT2D eigenvalue weighted by molar-refractivity contribution is 6.39. The van der Waals surface area contributed by atoms with Crippen LogP contribution in [0.2, 0.25) is 0 Å². The summed E-state index contributed by atoms with van der Waals surface area (Å²) in [5.41, 5.74) is 9.27. The van der Waals surface area contributed by atoms with Gasteiger partial charge in [0.15, 0.2) is 11.5 Å². The van der Waals surface area contributed by atoms with Gasteiger partial charge in [-0.2, -0.15) is 0 Å². The quantitative estimate of drug-likeness (QED) is 0.166. The molecule has 0 amide bonds. The number of ether oxygens (including phenoxy) is 1. The maximum Gasteiger partial charge on any atom is 0.348 e. The Bertz CT molecular complexity index is 1750. The zero-order valence-electron chi connectivity index (χ0n) is 21.8. The summed E-state index contributed by atoms with van der Waals surface area (Å²) in [4.78, 5) is 20.9. The van der Waals surface area contributed by atoms with Crippen LogP contribution in [0.3, 0.4) is 0 Å². The number of aromatic amines is 1. The number of carbonyl (C=O) groups is 1. The largest absolute Gasteiger partial charge is 0.480 e. The monoisotopic (exact) mass is 504 g/mol. The molecule has 4 heterocycles. The lowest BCUT2D eigenvalue weighted by molar-refractivity contribution is -0.126. The van der Waals surface area contributed by atoms with Crippen LogP contribution in [0, 0.1) is 0 Å². The van der Waals surface area contributed by atoms with Gasteiger partial charge < -0.3 is 19.2 Å². The normalized spacial score (nSPS) is 15.5. The number of hydrogen-bond donors (Lipinski definition) is 2. The van der Waals surface area contributed by atoms with E-state index in [1.807, 2.05) is 24.3 Å². The zero-order valence-corrected chi connectivity index (χ0v) is 21.8. The molecule has 2 aromatic carbocycles. The Labute approximate surface area is 220 Å². The number of allylic oxidation sites excluding steroid dienone is 5. The fourth-order valence-corrected chi connectivity index (χ4v) is 4.96. The molecule has 0 saturated carbocycles. The number of esters is 1. The highest BCUT2D eigenvalue weighted by Crippen LogP contribution is 2.53. The van der Waals surface area contributed by atoms with Gasteiger partial charge in [0, 0.05) is 40.0 Å². The van der Waals surface area contributed by atoms with Crippen molar-refractivity contribution in [2.75, 3.05) is 0 Å². The molecule has 2 aromatic heterocycles. The number of nitrogens with one attached hydrogen (secondary N) is 1. The first kappa shape index (κ1) is 23.8. The van der Waals surface area contributed by atoms with E-state index in [0.717, 1.165) is 46.1 Å². The van der Waals surface area contributed by atoms with E-state index < -0.39 is 5.97 Å². The lowest BCUT2D eigenvalue weighted by Crippen LogP contribution is -2.04. The number of carbonyl (C=O) groups excluding carboxylic acids is 1. The Hall–Kier alpha value is -4.58. The molecular formula is C32H28N2O4. The van der Waals surface area contributed by atoms with Gasteiger partial charge in [0.05, 0.1) is 5.69 Å². The molecule has 4 aromatic rings. The molecule has 0 bridgehead atoms. The predicted molar refractivity (Wildman–Crippen MR) is 151 cm³/mol. The average molecular weight is 505 g/mol. The molecule has 6 heteroatoms. The van der Waals surface area contributed by atoms with E-state index in [4.69, 9.17) is 9.15 Å². The molecule has 6 rings (SSSR count).